The predicted molar refractivity (Wildman–Crippen MR) is 257 cm³/mol. The van der Waals surface area contributed by atoms with Crippen LogP contribution in [0.4, 0.5) is 0 Å². The number of aromatic nitrogens is 5. The molecule has 6 nitrogen and oxygen atoms in total. The highest BCUT2D eigenvalue weighted by Crippen LogP contribution is 2.46. The molecule has 1 aliphatic carbocycles. The number of benzene rings is 8. The van der Waals surface area contributed by atoms with Crippen molar-refractivity contribution >= 4 is 60.7 Å². The van der Waals surface area contributed by atoms with Crippen molar-refractivity contribution in [3.8, 4) is 56.7 Å². The van der Waals surface area contributed by atoms with Gasteiger partial charge in [0.15, 0.2) is 23.1 Å². The van der Waals surface area contributed by atoms with E-state index in [4.69, 9.17) is 19.4 Å². The zero-order valence-corrected chi connectivity index (χ0v) is 34.1. The summed E-state index contributed by atoms with van der Waals surface area (Å²) in [6, 6.07) is 65.8. The first-order valence-corrected chi connectivity index (χ1v) is 21.5. The number of aryl methyl sites for hydroxylation is 1. The summed E-state index contributed by atoms with van der Waals surface area (Å²) < 4.78 is 12.3. The van der Waals surface area contributed by atoms with Crippen LogP contribution in [0.1, 0.15) is 17.7 Å². The number of para-hydroxylation sites is 3. The lowest BCUT2D eigenvalue weighted by atomic mass is 9.96. The van der Waals surface area contributed by atoms with Crippen molar-refractivity contribution in [2.45, 2.75) is 12.8 Å². The van der Waals surface area contributed by atoms with E-state index in [2.05, 4.69) is 143 Å². The van der Waals surface area contributed by atoms with E-state index in [0.29, 0.717) is 17.5 Å². The van der Waals surface area contributed by atoms with Crippen LogP contribution in [0.2, 0.25) is 0 Å². The lowest BCUT2D eigenvalue weighted by Gasteiger charge is -2.14. The molecule has 0 unspecified atom stereocenters. The van der Waals surface area contributed by atoms with Gasteiger partial charge in [-0.15, -0.1) is 0 Å². The van der Waals surface area contributed by atoms with Crippen LogP contribution < -0.4 is 0 Å². The summed E-state index contributed by atoms with van der Waals surface area (Å²) in [5.74, 6) is 1.80. The number of hydrogen-bond donors (Lipinski definition) is 0. The first kappa shape index (κ1) is 35.4. The Hall–Kier alpha value is -8.35. The van der Waals surface area contributed by atoms with Gasteiger partial charge in [-0.3, -0.25) is 0 Å². The largest absolute Gasteiger partial charge is 0.453 e. The maximum absolute atomic E-state index is 7.38. The van der Waals surface area contributed by atoms with Gasteiger partial charge in [-0.05, 0) is 66.4 Å². The van der Waals surface area contributed by atoms with E-state index in [1.54, 1.807) is 0 Å². The SMILES string of the molecule is C1=Cc2c(c3ccc4c5ccccc5n(-c5cccc6c5oc5c(-c7ccccc7)c(-c7nc(-c8ccccc8)nc(-c8ccccc8)n7)ccc56)c4c3n2-c2ccccc2)CC1. The lowest BCUT2D eigenvalue weighted by molar-refractivity contribution is 0.667. The Morgan fingerprint density at radius 1 is 0.429 bits per heavy atom. The van der Waals surface area contributed by atoms with Crippen LogP contribution in [-0.4, -0.2) is 24.1 Å². The van der Waals surface area contributed by atoms with Crippen molar-refractivity contribution in [3.05, 3.63) is 205 Å². The molecule has 13 rings (SSSR count). The predicted octanol–water partition coefficient (Wildman–Crippen LogP) is 14.4. The van der Waals surface area contributed by atoms with E-state index in [1.165, 1.54) is 32.9 Å². The molecule has 0 spiro atoms. The molecule has 8 aromatic carbocycles. The van der Waals surface area contributed by atoms with Gasteiger partial charge < -0.3 is 13.6 Å². The number of allylic oxidation sites excluding steroid dienone is 1. The standard InChI is InChI=1S/C57H37N5O/c1-5-18-36(19-6-1)50-46(57-59-55(37-20-7-2-8-21-37)58-56(60-57)38-22-9-3-10-23-38)35-34-45-44-28-17-31-49(53(44)63-54(45)50)62-48-30-16-14-27-41(48)43-33-32-42-40-26-13-15-29-47(40)61(51(42)52(43)62)39-24-11-4-12-25-39/h1-12,14-25,27-35H,13,26H2. The first-order valence-electron chi connectivity index (χ1n) is 21.5. The van der Waals surface area contributed by atoms with Gasteiger partial charge in [0.25, 0.3) is 0 Å². The average molecular weight is 808 g/mol. The van der Waals surface area contributed by atoms with Gasteiger partial charge in [-0.2, -0.15) is 0 Å². The molecule has 12 aromatic rings. The number of nitrogens with zero attached hydrogens (tertiary/aromatic N) is 5. The van der Waals surface area contributed by atoms with Gasteiger partial charge >= 0.3 is 0 Å². The molecule has 4 aromatic heterocycles. The molecule has 0 aliphatic heterocycles. The molecule has 0 bridgehead atoms. The summed E-state index contributed by atoms with van der Waals surface area (Å²) in [5.41, 5.74) is 14.5. The number of furan rings is 1. The zero-order chi connectivity index (χ0) is 41.4. The second kappa shape index (κ2) is 14.1. The molecule has 63 heavy (non-hydrogen) atoms. The molecule has 4 heterocycles. The van der Waals surface area contributed by atoms with Gasteiger partial charge in [0.05, 0.1) is 22.2 Å². The Morgan fingerprint density at radius 3 is 1.73 bits per heavy atom. The summed E-state index contributed by atoms with van der Waals surface area (Å²) in [7, 11) is 0. The van der Waals surface area contributed by atoms with Crippen LogP contribution in [0.3, 0.4) is 0 Å². The third kappa shape index (κ3) is 5.48. The van der Waals surface area contributed by atoms with Gasteiger partial charge in [0.2, 0.25) is 0 Å². The average Bonchev–Trinajstić information content (AvgIpc) is 4.03. The molecule has 0 radical (unpaired) electrons. The Balaban J connectivity index is 1.12. The first-order chi connectivity index (χ1) is 31.3. The molecule has 0 amide bonds. The third-order valence-electron chi connectivity index (χ3n) is 12.6. The summed E-state index contributed by atoms with van der Waals surface area (Å²) in [5, 5.41) is 5.74. The highest BCUT2D eigenvalue weighted by atomic mass is 16.3. The Labute approximate surface area is 362 Å². The number of rotatable bonds is 6. The van der Waals surface area contributed by atoms with E-state index in [-0.39, 0.29) is 0 Å². The van der Waals surface area contributed by atoms with Crippen molar-refractivity contribution in [2.24, 2.45) is 0 Å². The fraction of sp³-hybridized carbons (Fsp3) is 0.0351. The normalized spacial score (nSPS) is 12.6. The Bertz CT molecular complexity index is 3710. The minimum Gasteiger partial charge on any atom is -0.453 e. The summed E-state index contributed by atoms with van der Waals surface area (Å²) in [6.07, 6.45) is 6.64. The third-order valence-corrected chi connectivity index (χ3v) is 12.6. The van der Waals surface area contributed by atoms with Crippen LogP contribution in [0, 0.1) is 0 Å². The van der Waals surface area contributed by atoms with Crippen LogP contribution in [0.5, 0.6) is 0 Å². The monoisotopic (exact) mass is 807 g/mol. The smallest absolute Gasteiger partial charge is 0.164 e. The Kier molecular flexibility index (Phi) is 7.93. The van der Waals surface area contributed by atoms with E-state index in [0.717, 1.165) is 85.0 Å². The van der Waals surface area contributed by atoms with E-state index in [9.17, 15) is 0 Å². The van der Waals surface area contributed by atoms with Crippen LogP contribution in [0.15, 0.2) is 199 Å². The van der Waals surface area contributed by atoms with E-state index < -0.39 is 0 Å². The van der Waals surface area contributed by atoms with Crippen molar-refractivity contribution in [3.63, 3.8) is 0 Å². The minimum absolute atomic E-state index is 0.577. The number of fused-ring (bicyclic) bond motifs is 10. The van der Waals surface area contributed by atoms with Crippen molar-refractivity contribution in [2.75, 3.05) is 0 Å². The van der Waals surface area contributed by atoms with E-state index >= 15 is 0 Å². The molecule has 6 heteroatoms. The highest BCUT2D eigenvalue weighted by Gasteiger charge is 2.27. The fourth-order valence-electron chi connectivity index (χ4n) is 9.89. The van der Waals surface area contributed by atoms with Gasteiger partial charge in [-0.25, -0.2) is 15.0 Å². The lowest BCUT2D eigenvalue weighted by Crippen LogP contribution is -2.01. The molecule has 296 valence electrons. The van der Waals surface area contributed by atoms with Crippen LogP contribution >= 0.6 is 0 Å². The van der Waals surface area contributed by atoms with Crippen LogP contribution in [-0.2, 0) is 6.42 Å². The minimum atomic E-state index is 0.577. The molecule has 0 saturated carbocycles. The van der Waals surface area contributed by atoms with Crippen molar-refractivity contribution in [1.29, 1.82) is 0 Å². The molecule has 0 fully saturated rings. The van der Waals surface area contributed by atoms with Crippen molar-refractivity contribution < 1.29 is 4.42 Å². The summed E-state index contributed by atoms with van der Waals surface area (Å²) >= 11 is 0. The fourth-order valence-corrected chi connectivity index (χ4v) is 9.89. The quantitative estimate of drug-likeness (QED) is 0.168. The Morgan fingerprint density at radius 2 is 1.00 bits per heavy atom. The molecular weight excluding hydrogens is 771 g/mol. The summed E-state index contributed by atoms with van der Waals surface area (Å²) in [6.45, 7) is 0. The molecule has 1 aliphatic rings. The van der Waals surface area contributed by atoms with Crippen molar-refractivity contribution in [1.82, 2.24) is 24.1 Å². The van der Waals surface area contributed by atoms with Gasteiger partial charge in [-0.1, -0.05) is 158 Å². The van der Waals surface area contributed by atoms with Gasteiger partial charge in [0, 0.05) is 60.6 Å². The second-order valence-corrected chi connectivity index (χ2v) is 16.2. The zero-order valence-electron chi connectivity index (χ0n) is 34.1. The summed E-state index contributed by atoms with van der Waals surface area (Å²) in [4.78, 5) is 15.4. The maximum Gasteiger partial charge on any atom is 0.164 e. The topological polar surface area (TPSA) is 61.7 Å². The molecule has 0 N–H and O–H groups in total. The van der Waals surface area contributed by atoms with E-state index in [1.807, 2.05) is 66.7 Å². The number of hydrogen-bond acceptors (Lipinski definition) is 4. The molecule has 0 saturated heterocycles. The maximum atomic E-state index is 7.38. The van der Waals surface area contributed by atoms with Gasteiger partial charge in [0.1, 0.15) is 5.58 Å². The molecule has 0 atom stereocenters. The highest BCUT2D eigenvalue weighted by molar-refractivity contribution is 6.21. The second-order valence-electron chi connectivity index (χ2n) is 16.2. The van der Waals surface area contributed by atoms with Crippen LogP contribution in [0.25, 0.3) is 117 Å². The molecular formula is C57H37N5O.